The smallest absolute Gasteiger partial charge is 0.232 e. The number of benzene rings is 1. The lowest BCUT2D eigenvalue weighted by Crippen LogP contribution is -2.25. The van der Waals surface area contributed by atoms with Crippen LogP contribution in [0.25, 0.3) is 0 Å². The Bertz CT molecular complexity index is 817. The number of sulfonamides is 1. The van der Waals surface area contributed by atoms with E-state index in [2.05, 4.69) is 31.2 Å². The van der Waals surface area contributed by atoms with Crippen LogP contribution in [0.15, 0.2) is 28.9 Å². The van der Waals surface area contributed by atoms with E-state index >= 15 is 0 Å². The van der Waals surface area contributed by atoms with Crippen LogP contribution >= 0.6 is 39.1 Å². The average Bonchev–Trinajstić information content (AvgIpc) is 2.41. The number of hydrogen-bond acceptors (Lipinski definition) is 5. The summed E-state index contributed by atoms with van der Waals surface area (Å²) in [6.45, 7) is 0. The maximum atomic E-state index is 11.8. The molecule has 0 spiro atoms. The molecule has 1 aromatic carbocycles. The molecule has 0 saturated heterocycles. The molecule has 0 bridgehead atoms. The first-order chi connectivity index (χ1) is 10.2. The van der Waals surface area contributed by atoms with Gasteiger partial charge >= 0.3 is 0 Å². The lowest BCUT2D eigenvalue weighted by molar-refractivity contribution is 0.600. The Morgan fingerprint density at radius 3 is 2.64 bits per heavy atom. The van der Waals surface area contributed by atoms with Crippen LogP contribution in [0.4, 0.5) is 17.2 Å². The molecule has 6 nitrogen and oxygen atoms in total. The lowest BCUT2D eigenvalue weighted by atomic mass is 10.2. The van der Waals surface area contributed by atoms with Crippen molar-refractivity contribution in [1.29, 1.82) is 0 Å². The minimum atomic E-state index is -3.42. The Hall–Kier alpha value is -1.09. The van der Waals surface area contributed by atoms with E-state index in [1.807, 2.05) is 0 Å². The van der Waals surface area contributed by atoms with E-state index in [-0.39, 0.29) is 5.28 Å². The molecule has 0 saturated carbocycles. The highest BCUT2D eigenvalue weighted by molar-refractivity contribution is 9.10. The summed E-state index contributed by atoms with van der Waals surface area (Å²) in [7, 11) is -1.97. The van der Waals surface area contributed by atoms with Crippen molar-refractivity contribution in [3.05, 3.63) is 39.2 Å². The molecule has 0 aliphatic carbocycles. The summed E-state index contributed by atoms with van der Waals surface area (Å²) in [4.78, 5) is 7.88. The van der Waals surface area contributed by atoms with Crippen LogP contribution in [0.1, 0.15) is 0 Å². The average molecular weight is 426 g/mol. The predicted molar refractivity (Wildman–Crippen MR) is 92.7 cm³/mol. The van der Waals surface area contributed by atoms with Gasteiger partial charge in [0.25, 0.3) is 0 Å². The molecule has 0 amide bonds. The Kier molecular flexibility index (Phi) is 5.16. The molecular weight excluding hydrogens is 415 g/mol. The molecule has 0 aliphatic rings. The van der Waals surface area contributed by atoms with Gasteiger partial charge in [-0.25, -0.2) is 13.4 Å². The molecule has 10 heteroatoms. The first-order valence-corrected chi connectivity index (χ1v) is 9.26. The molecule has 118 valence electrons. The van der Waals surface area contributed by atoms with Crippen molar-refractivity contribution < 1.29 is 8.42 Å². The highest BCUT2D eigenvalue weighted by Gasteiger charge is 2.17. The van der Waals surface area contributed by atoms with Gasteiger partial charge in [-0.15, -0.1) is 0 Å². The number of halogens is 3. The number of aromatic nitrogens is 2. The zero-order chi connectivity index (χ0) is 16.5. The second-order valence-electron chi connectivity index (χ2n) is 4.35. The third kappa shape index (κ3) is 4.01. The van der Waals surface area contributed by atoms with Gasteiger partial charge in [0.05, 0.1) is 22.1 Å². The van der Waals surface area contributed by atoms with Crippen LogP contribution < -0.4 is 9.62 Å². The molecule has 1 heterocycles. The lowest BCUT2D eigenvalue weighted by Gasteiger charge is -2.21. The number of rotatable bonds is 4. The minimum absolute atomic E-state index is 0.0609. The van der Waals surface area contributed by atoms with E-state index < -0.39 is 10.0 Å². The number of anilines is 3. The highest BCUT2D eigenvalue weighted by Crippen LogP contribution is 2.33. The zero-order valence-corrected chi connectivity index (χ0v) is 15.4. The molecular formula is C12H11BrCl2N4O2S. The fraction of sp³-hybridized carbons (Fsp3) is 0.167. The minimum Gasteiger partial charge on any atom is -0.337 e. The summed E-state index contributed by atoms with van der Waals surface area (Å²) in [5.41, 5.74) is 0.893. The summed E-state index contributed by atoms with van der Waals surface area (Å²) < 4.78 is 25.2. The maximum absolute atomic E-state index is 11.8. The van der Waals surface area contributed by atoms with Crippen molar-refractivity contribution in [3.8, 4) is 0 Å². The normalized spacial score (nSPS) is 11.3. The Labute approximate surface area is 146 Å². The molecule has 1 N–H and O–H groups in total. The van der Waals surface area contributed by atoms with Gasteiger partial charge in [0, 0.05) is 18.3 Å². The van der Waals surface area contributed by atoms with Gasteiger partial charge in [-0.05, 0) is 45.7 Å². The Morgan fingerprint density at radius 2 is 2.00 bits per heavy atom. The second-order valence-corrected chi connectivity index (χ2v) is 8.00. The third-order valence-electron chi connectivity index (χ3n) is 2.76. The van der Waals surface area contributed by atoms with Crippen molar-refractivity contribution in [2.45, 2.75) is 0 Å². The third-order valence-corrected chi connectivity index (χ3v) is 4.95. The molecule has 0 fully saturated rings. The van der Waals surface area contributed by atoms with Gasteiger partial charge in [0.15, 0.2) is 0 Å². The number of nitrogens with zero attached hydrogens (tertiary/aromatic N) is 3. The Morgan fingerprint density at radius 1 is 1.32 bits per heavy atom. The van der Waals surface area contributed by atoms with Crippen LogP contribution in [0.3, 0.4) is 0 Å². The van der Waals surface area contributed by atoms with Crippen molar-refractivity contribution in [2.24, 2.45) is 0 Å². The van der Waals surface area contributed by atoms with Crippen molar-refractivity contribution in [3.63, 3.8) is 0 Å². The van der Waals surface area contributed by atoms with Crippen LogP contribution in [0, 0.1) is 0 Å². The van der Waals surface area contributed by atoms with E-state index in [4.69, 9.17) is 23.2 Å². The van der Waals surface area contributed by atoms with Crippen molar-refractivity contribution in [2.75, 3.05) is 22.9 Å². The molecule has 0 atom stereocenters. The number of hydrogen-bond donors (Lipinski definition) is 1. The Balaban J connectivity index is 2.50. The predicted octanol–water partition coefficient (Wildman–Crippen LogP) is 3.69. The van der Waals surface area contributed by atoms with Gasteiger partial charge in [0.2, 0.25) is 15.3 Å². The van der Waals surface area contributed by atoms with Crippen molar-refractivity contribution in [1.82, 2.24) is 9.97 Å². The SMILES string of the molecule is CN(c1ccc(Cl)cc1Nc1nc(Cl)ncc1Br)S(C)(=O)=O. The first-order valence-electron chi connectivity index (χ1n) is 5.87. The molecule has 2 aromatic rings. The largest absolute Gasteiger partial charge is 0.337 e. The van der Waals surface area contributed by atoms with Gasteiger partial charge in [-0.2, -0.15) is 4.98 Å². The topological polar surface area (TPSA) is 75.2 Å². The van der Waals surface area contributed by atoms with Gasteiger partial charge < -0.3 is 5.32 Å². The molecule has 0 aliphatic heterocycles. The van der Waals surface area contributed by atoms with E-state index in [1.165, 1.54) is 13.2 Å². The first kappa shape index (κ1) is 17.3. The summed E-state index contributed by atoms with van der Waals surface area (Å²) in [5.74, 6) is 0.394. The molecule has 22 heavy (non-hydrogen) atoms. The summed E-state index contributed by atoms with van der Waals surface area (Å²) in [6.07, 6.45) is 2.60. The summed E-state index contributed by atoms with van der Waals surface area (Å²) in [5, 5.41) is 3.51. The standard InChI is InChI=1S/C12H11BrCl2N4O2S/c1-19(22(2,20)21)10-4-3-7(14)5-9(10)17-11-8(13)6-16-12(15)18-11/h3-6H,1-2H3,(H,16,17,18). The monoisotopic (exact) mass is 424 g/mol. The van der Waals surface area contributed by atoms with Crippen LogP contribution in [-0.2, 0) is 10.0 Å². The van der Waals surface area contributed by atoms with Gasteiger partial charge in [-0.1, -0.05) is 11.6 Å². The van der Waals surface area contributed by atoms with Crippen molar-refractivity contribution >= 4 is 66.3 Å². The molecule has 1 aromatic heterocycles. The van der Waals surface area contributed by atoms with E-state index in [0.29, 0.717) is 26.7 Å². The summed E-state index contributed by atoms with van der Waals surface area (Å²) >= 11 is 15.1. The van der Waals surface area contributed by atoms with Crippen LogP contribution in [0.5, 0.6) is 0 Å². The second kappa shape index (κ2) is 6.57. The van der Waals surface area contributed by atoms with Gasteiger partial charge in [-0.3, -0.25) is 4.31 Å². The zero-order valence-electron chi connectivity index (χ0n) is 11.5. The number of nitrogens with one attached hydrogen (secondary N) is 1. The fourth-order valence-electron chi connectivity index (χ4n) is 1.62. The van der Waals surface area contributed by atoms with Gasteiger partial charge in [0.1, 0.15) is 5.82 Å². The summed E-state index contributed by atoms with van der Waals surface area (Å²) in [6, 6.07) is 4.80. The fourth-order valence-corrected chi connectivity index (χ4v) is 2.73. The van der Waals surface area contributed by atoms with E-state index in [0.717, 1.165) is 10.6 Å². The van der Waals surface area contributed by atoms with Crippen LogP contribution in [0.2, 0.25) is 10.3 Å². The highest BCUT2D eigenvalue weighted by atomic mass is 79.9. The molecule has 0 unspecified atom stereocenters. The maximum Gasteiger partial charge on any atom is 0.232 e. The van der Waals surface area contributed by atoms with E-state index in [1.54, 1.807) is 18.2 Å². The van der Waals surface area contributed by atoms with Crippen LogP contribution in [-0.4, -0.2) is 31.7 Å². The molecule has 2 rings (SSSR count). The quantitative estimate of drug-likeness (QED) is 0.756. The molecule has 0 radical (unpaired) electrons. The van der Waals surface area contributed by atoms with E-state index in [9.17, 15) is 8.42 Å².